The molecule has 0 saturated heterocycles. The van der Waals surface area contributed by atoms with E-state index < -0.39 is 67.7 Å². The minimum atomic E-state index is -1.60. The molecule has 0 atom stereocenters. The normalized spacial score (nSPS) is 12.1. The Morgan fingerprint density at radius 1 is 0.326 bits per heavy atom. The van der Waals surface area contributed by atoms with E-state index in [9.17, 15) is 58.5 Å². The summed E-state index contributed by atoms with van der Waals surface area (Å²) in [5.74, 6) is -6.96. The number of hydrogen-bond donors (Lipinski definition) is 0. The number of ketones is 6. The number of carboxylic acids is 3. The van der Waals surface area contributed by atoms with Gasteiger partial charge in [0.2, 0.25) is 0 Å². The molecular formula is C33H51O12Tb. The van der Waals surface area contributed by atoms with Crippen LogP contribution < -0.4 is 15.3 Å². The van der Waals surface area contributed by atoms with Crippen LogP contribution in [-0.4, -0.2) is 52.6 Å². The Bertz CT molecular complexity index is 1040. The van der Waals surface area contributed by atoms with Crippen molar-refractivity contribution in [2.24, 2.45) is 32.5 Å². The molecule has 0 fully saturated rings. The van der Waals surface area contributed by atoms with Gasteiger partial charge in [-0.15, -0.1) is 0 Å². The molecule has 0 aromatic heterocycles. The predicted octanol–water partition coefficient (Wildman–Crippen LogP) is 1.01. The Kier molecular flexibility index (Phi) is 20.1. The Balaban J connectivity index is -0.000000285. The molecule has 0 spiro atoms. The topological polar surface area (TPSA) is 223 Å². The average molecular weight is 799 g/mol. The van der Waals surface area contributed by atoms with Crippen molar-refractivity contribution in [3.63, 3.8) is 0 Å². The largest absolute Gasteiger partial charge is 3.00 e. The zero-order valence-corrected chi connectivity index (χ0v) is 32.0. The summed E-state index contributed by atoms with van der Waals surface area (Å²) in [7, 11) is 0. The van der Waals surface area contributed by atoms with Crippen LogP contribution in [0.3, 0.4) is 0 Å². The summed E-state index contributed by atoms with van der Waals surface area (Å²) < 4.78 is 0. The molecule has 0 unspecified atom stereocenters. The molecule has 46 heavy (non-hydrogen) atoms. The Morgan fingerprint density at radius 3 is 0.543 bits per heavy atom. The van der Waals surface area contributed by atoms with Crippen LogP contribution in [0, 0.1) is 71.1 Å². The van der Waals surface area contributed by atoms with Gasteiger partial charge < -0.3 is 29.7 Å². The molecule has 0 aromatic rings. The number of aliphatic carboxylic acids is 3. The van der Waals surface area contributed by atoms with Gasteiger partial charge in [-0.3, -0.25) is 28.8 Å². The Morgan fingerprint density at radius 2 is 0.457 bits per heavy atom. The summed E-state index contributed by atoms with van der Waals surface area (Å²) in [5.41, 5.74) is -6.67. The van der Waals surface area contributed by atoms with Crippen molar-refractivity contribution in [1.29, 1.82) is 0 Å². The average Bonchev–Trinajstić information content (AvgIpc) is 2.82. The van der Waals surface area contributed by atoms with Crippen LogP contribution in [0.15, 0.2) is 0 Å². The van der Waals surface area contributed by atoms with Crippen molar-refractivity contribution in [3.05, 3.63) is 0 Å². The van der Waals surface area contributed by atoms with Crippen LogP contribution in [0.4, 0.5) is 0 Å². The molecule has 13 heteroatoms. The summed E-state index contributed by atoms with van der Waals surface area (Å²) in [5, 5.41) is 32.0. The van der Waals surface area contributed by atoms with Crippen LogP contribution in [-0.2, 0) is 43.2 Å². The fourth-order valence-electron chi connectivity index (χ4n) is 2.24. The minimum absolute atomic E-state index is 0. The fraction of sp³-hybridized carbons (Fsp3) is 0.727. The molecule has 0 aromatic carbocycles. The maximum atomic E-state index is 11.5. The van der Waals surface area contributed by atoms with E-state index >= 15 is 0 Å². The molecule has 0 aliphatic heterocycles. The zero-order valence-electron chi connectivity index (χ0n) is 29.9. The van der Waals surface area contributed by atoms with Gasteiger partial charge >= 0.3 is 38.6 Å². The molecule has 0 heterocycles. The maximum absolute atomic E-state index is 11.5. The van der Waals surface area contributed by atoms with Gasteiger partial charge in [0.1, 0.15) is 17.3 Å². The molecule has 0 amide bonds. The summed E-state index contributed by atoms with van der Waals surface area (Å²) in [6.07, 6.45) is -1.07. The predicted molar refractivity (Wildman–Crippen MR) is 159 cm³/mol. The molecule has 0 saturated carbocycles. The van der Waals surface area contributed by atoms with Crippen LogP contribution in [0.5, 0.6) is 0 Å². The van der Waals surface area contributed by atoms with E-state index in [2.05, 4.69) is 0 Å². The second-order valence-corrected chi connectivity index (χ2v) is 15.6. The van der Waals surface area contributed by atoms with Gasteiger partial charge in [0.05, 0.1) is 53.4 Å². The molecule has 0 rings (SSSR count). The van der Waals surface area contributed by atoms with Gasteiger partial charge in [-0.2, -0.15) is 0 Å². The quantitative estimate of drug-likeness (QED) is 0.253. The monoisotopic (exact) mass is 798 g/mol. The number of carboxylic acid groups (broad SMARTS) is 3. The number of carbonyl (C=O) groups is 9. The van der Waals surface area contributed by atoms with Crippen molar-refractivity contribution < 1.29 is 97.1 Å². The van der Waals surface area contributed by atoms with E-state index in [1.165, 1.54) is 41.5 Å². The first-order valence-corrected chi connectivity index (χ1v) is 14.3. The third-order valence-corrected chi connectivity index (χ3v) is 7.10. The van der Waals surface area contributed by atoms with Gasteiger partial charge in [0.15, 0.2) is 17.3 Å². The summed E-state index contributed by atoms with van der Waals surface area (Å²) >= 11 is 0. The van der Waals surface area contributed by atoms with Gasteiger partial charge in [-0.1, -0.05) is 62.3 Å². The van der Waals surface area contributed by atoms with Crippen molar-refractivity contribution in [2.75, 3.05) is 0 Å². The van der Waals surface area contributed by atoms with Crippen molar-refractivity contribution >= 4 is 52.6 Å². The zero-order chi connectivity index (χ0) is 37.3. The summed E-state index contributed by atoms with van der Waals surface area (Å²) in [6.45, 7) is 22.7. The van der Waals surface area contributed by atoms with Crippen molar-refractivity contribution in [2.45, 2.75) is 123 Å². The SMILES string of the molecule is CC(C)(C)C(=O)CC(=O)C(C)(C)C(=O)[O-].CC(C)(C)C(=O)CC(=O)C(C)(C)C(=O)[O-].CC(C)(C)C(=O)CC(=O)C(C)(C)C(=O)[O-].[Tb+3]. The molecular weight excluding hydrogens is 747 g/mol. The van der Waals surface area contributed by atoms with E-state index in [0.717, 1.165) is 0 Å². The van der Waals surface area contributed by atoms with Crippen LogP contribution in [0.25, 0.3) is 0 Å². The van der Waals surface area contributed by atoms with E-state index in [4.69, 9.17) is 0 Å². The first-order valence-electron chi connectivity index (χ1n) is 14.3. The second-order valence-electron chi connectivity index (χ2n) is 15.6. The Labute approximate surface area is 303 Å². The van der Waals surface area contributed by atoms with Gasteiger partial charge in [-0.25, -0.2) is 0 Å². The smallest absolute Gasteiger partial charge is 0.549 e. The maximum Gasteiger partial charge on any atom is 3.00 e. The molecule has 0 radical (unpaired) electrons. The van der Waals surface area contributed by atoms with Gasteiger partial charge in [0, 0.05) is 16.2 Å². The summed E-state index contributed by atoms with van der Waals surface area (Å²) in [4.78, 5) is 101. The first-order chi connectivity index (χ1) is 19.5. The van der Waals surface area contributed by atoms with Crippen molar-refractivity contribution in [1.82, 2.24) is 0 Å². The van der Waals surface area contributed by atoms with E-state index in [-0.39, 0.29) is 75.2 Å². The van der Waals surface area contributed by atoms with Gasteiger partial charge in [0.25, 0.3) is 0 Å². The third-order valence-electron chi connectivity index (χ3n) is 7.10. The molecule has 12 nitrogen and oxygen atoms in total. The van der Waals surface area contributed by atoms with E-state index in [0.29, 0.717) is 0 Å². The number of carbonyl (C=O) groups excluding carboxylic acids is 9. The van der Waals surface area contributed by atoms with Crippen LogP contribution in [0.1, 0.15) is 123 Å². The van der Waals surface area contributed by atoms with Crippen LogP contribution in [0.2, 0.25) is 0 Å². The fourth-order valence-corrected chi connectivity index (χ4v) is 2.24. The third kappa shape index (κ3) is 17.0. The summed E-state index contributed by atoms with van der Waals surface area (Å²) in [6, 6.07) is 0. The molecule has 264 valence electrons. The minimum Gasteiger partial charge on any atom is -0.549 e. The first kappa shape index (κ1) is 50.6. The van der Waals surface area contributed by atoms with E-state index in [1.807, 2.05) is 0 Å². The number of Topliss-reactive ketones (excluding diaryl/α,β-unsaturated/α-hetero) is 6. The van der Waals surface area contributed by atoms with E-state index in [1.54, 1.807) is 62.3 Å². The molecule has 0 bridgehead atoms. The molecule has 0 N–H and O–H groups in total. The standard InChI is InChI=1S/3C11H18O4.Tb/c3*1-10(2,3)7(12)6-8(13)11(4,5)9(14)15;/h3*6H2,1-5H3,(H,14,15);/q;;;+3/p-3. The second kappa shape index (κ2) is 18.3. The van der Waals surface area contributed by atoms with Gasteiger partial charge in [-0.05, 0) is 41.5 Å². The Hall–Kier alpha value is -2.28. The van der Waals surface area contributed by atoms with Crippen LogP contribution >= 0.6 is 0 Å². The molecule has 0 aliphatic carbocycles. The van der Waals surface area contributed by atoms with Crippen molar-refractivity contribution in [3.8, 4) is 0 Å². The number of rotatable bonds is 12. The number of hydrogen-bond acceptors (Lipinski definition) is 12. The molecule has 0 aliphatic rings.